The Morgan fingerprint density at radius 1 is 1.30 bits per heavy atom. The summed E-state index contributed by atoms with van der Waals surface area (Å²) in [4.78, 5) is 24.2. The highest BCUT2D eigenvalue weighted by molar-refractivity contribution is 5.81. The Kier molecular flexibility index (Phi) is 3.50. The first kappa shape index (κ1) is 12.8. The topological polar surface area (TPSA) is 64.0 Å². The highest BCUT2D eigenvalue weighted by Gasteiger charge is 2.17. The van der Waals surface area contributed by atoms with E-state index in [1.165, 1.54) is 17.5 Å². The number of amides is 1. The summed E-state index contributed by atoms with van der Waals surface area (Å²) in [7, 11) is 0. The van der Waals surface area contributed by atoms with E-state index in [9.17, 15) is 9.59 Å². The van der Waals surface area contributed by atoms with Crippen molar-refractivity contribution in [3.63, 3.8) is 0 Å². The Labute approximate surface area is 116 Å². The van der Waals surface area contributed by atoms with Crippen molar-refractivity contribution in [2.75, 3.05) is 0 Å². The van der Waals surface area contributed by atoms with E-state index in [0.717, 1.165) is 18.2 Å². The molecule has 0 radical (unpaired) electrons. The number of carbonyl (C=O) groups is 1. The molecule has 1 aliphatic carbocycles. The van der Waals surface area contributed by atoms with Crippen LogP contribution in [-0.2, 0) is 11.3 Å². The Balaban J connectivity index is 1.78. The molecule has 20 heavy (non-hydrogen) atoms. The maximum atomic E-state index is 12.2. The van der Waals surface area contributed by atoms with Gasteiger partial charge in [-0.25, -0.2) is 4.68 Å². The lowest BCUT2D eigenvalue weighted by Gasteiger charge is -2.12. The number of aromatic nitrogens is 2. The fourth-order valence-electron chi connectivity index (χ4n) is 2.72. The average Bonchev–Trinajstić information content (AvgIpc) is 2.95. The second-order valence-electron chi connectivity index (χ2n) is 5.24. The van der Waals surface area contributed by atoms with E-state index < -0.39 is 0 Å². The average molecular weight is 271 g/mol. The number of hydrogen-bond acceptors (Lipinski definition) is 3. The van der Waals surface area contributed by atoms with Crippen molar-refractivity contribution in [1.82, 2.24) is 15.1 Å². The highest BCUT2D eigenvalue weighted by atomic mass is 16.2. The van der Waals surface area contributed by atoms with Gasteiger partial charge in [-0.3, -0.25) is 9.59 Å². The molecule has 2 aromatic rings. The molecule has 5 heteroatoms. The van der Waals surface area contributed by atoms with Crippen LogP contribution >= 0.6 is 0 Å². The molecule has 0 atom stereocenters. The molecule has 5 nitrogen and oxygen atoms in total. The van der Waals surface area contributed by atoms with Crippen molar-refractivity contribution >= 4 is 16.7 Å². The molecule has 0 aliphatic heterocycles. The van der Waals surface area contributed by atoms with Gasteiger partial charge >= 0.3 is 0 Å². The summed E-state index contributed by atoms with van der Waals surface area (Å²) in [5.41, 5.74) is -0.218. The molecule has 0 bridgehead atoms. The van der Waals surface area contributed by atoms with Gasteiger partial charge < -0.3 is 5.32 Å². The molecule has 0 saturated heterocycles. The van der Waals surface area contributed by atoms with E-state index in [0.29, 0.717) is 5.39 Å². The fraction of sp³-hybridized carbons (Fsp3) is 0.400. The Morgan fingerprint density at radius 2 is 2.05 bits per heavy atom. The molecule has 0 unspecified atom stereocenters. The van der Waals surface area contributed by atoms with Crippen molar-refractivity contribution in [3.05, 3.63) is 40.8 Å². The van der Waals surface area contributed by atoms with Crippen LogP contribution in [0.1, 0.15) is 25.7 Å². The van der Waals surface area contributed by atoms with Gasteiger partial charge in [0.15, 0.2) is 0 Å². The molecule has 1 amide bonds. The fourth-order valence-corrected chi connectivity index (χ4v) is 2.72. The third-order valence-electron chi connectivity index (χ3n) is 3.78. The number of benzene rings is 1. The normalized spacial score (nSPS) is 15.6. The van der Waals surface area contributed by atoms with Crippen molar-refractivity contribution in [1.29, 1.82) is 0 Å². The summed E-state index contributed by atoms with van der Waals surface area (Å²) in [6.45, 7) is -0.0137. The summed E-state index contributed by atoms with van der Waals surface area (Å²) in [6.07, 6.45) is 6.02. The third kappa shape index (κ3) is 2.57. The van der Waals surface area contributed by atoms with Gasteiger partial charge in [0.2, 0.25) is 5.91 Å². The van der Waals surface area contributed by atoms with Crippen LogP contribution in [0.4, 0.5) is 0 Å². The van der Waals surface area contributed by atoms with Crippen molar-refractivity contribution in [3.8, 4) is 0 Å². The highest BCUT2D eigenvalue weighted by Crippen LogP contribution is 2.17. The Morgan fingerprint density at radius 3 is 2.85 bits per heavy atom. The van der Waals surface area contributed by atoms with Gasteiger partial charge in [-0.05, 0) is 18.9 Å². The number of rotatable bonds is 3. The van der Waals surface area contributed by atoms with Crippen molar-refractivity contribution in [2.24, 2.45) is 0 Å². The van der Waals surface area contributed by atoms with Crippen molar-refractivity contribution in [2.45, 2.75) is 38.3 Å². The summed E-state index contributed by atoms with van der Waals surface area (Å²) in [6, 6.07) is 7.53. The smallest absolute Gasteiger partial charge is 0.275 e. The maximum absolute atomic E-state index is 12.2. The summed E-state index contributed by atoms with van der Waals surface area (Å²) in [5.74, 6) is -0.137. The number of carbonyl (C=O) groups excluding carboxylic acids is 1. The molecule has 0 spiro atoms. The lowest BCUT2D eigenvalue weighted by atomic mass is 10.2. The molecular formula is C15H17N3O2. The lowest BCUT2D eigenvalue weighted by Crippen LogP contribution is -2.38. The first-order valence-corrected chi connectivity index (χ1v) is 6.98. The minimum absolute atomic E-state index is 0.0137. The van der Waals surface area contributed by atoms with E-state index in [1.807, 2.05) is 18.2 Å². The molecule has 104 valence electrons. The maximum Gasteiger partial charge on any atom is 0.275 e. The van der Waals surface area contributed by atoms with Crippen LogP contribution in [0.2, 0.25) is 0 Å². The number of nitrogens with one attached hydrogen (secondary N) is 1. The van der Waals surface area contributed by atoms with Crippen LogP contribution in [0.15, 0.2) is 35.3 Å². The molecule has 1 aliphatic rings. The van der Waals surface area contributed by atoms with Crippen molar-refractivity contribution < 1.29 is 4.79 Å². The quantitative estimate of drug-likeness (QED) is 0.919. The van der Waals surface area contributed by atoms with Gasteiger partial charge in [0, 0.05) is 11.4 Å². The first-order chi connectivity index (χ1) is 9.74. The van der Waals surface area contributed by atoms with E-state index in [4.69, 9.17) is 0 Å². The molecule has 1 aromatic heterocycles. The molecule has 1 fully saturated rings. The molecular weight excluding hydrogens is 254 g/mol. The first-order valence-electron chi connectivity index (χ1n) is 6.98. The SMILES string of the molecule is O=C(Cn1ncc2ccccc2c1=O)NC1CCCC1. The molecule has 3 rings (SSSR count). The third-order valence-corrected chi connectivity index (χ3v) is 3.78. The van der Waals surface area contributed by atoms with Crippen LogP contribution in [0.3, 0.4) is 0 Å². The predicted octanol–water partition coefficient (Wildman–Crippen LogP) is 1.46. The minimum atomic E-state index is -0.218. The van der Waals surface area contributed by atoms with Gasteiger partial charge in [0.05, 0.1) is 11.6 Å². The largest absolute Gasteiger partial charge is 0.352 e. The number of hydrogen-bond donors (Lipinski definition) is 1. The zero-order valence-corrected chi connectivity index (χ0v) is 11.2. The van der Waals surface area contributed by atoms with E-state index in [2.05, 4.69) is 10.4 Å². The monoisotopic (exact) mass is 271 g/mol. The lowest BCUT2D eigenvalue weighted by molar-refractivity contribution is -0.122. The van der Waals surface area contributed by atoms with E-state index in [-0.39, 0.29) is 24.1 Å². The van der Waals surface area contributed by atoms with Crippen LogP contribution in [0, 0.1) is 0 Å². The van der Waals surface area contributed by atoms with Gasteiger partial charge in [0.25, 0.3) is 5.56 Å². The standard InChI is InChI=1S/C15H17N3O2/c19-14(17-12-6-2-3-7-12)10-18-15(20)13-8-4-1-5-11(13)9-16-18/h1,4-5,8-9,12H,2-3,6-7,10H2,(H,17,19). The van der Waals surface area contributed by atoms with Gasteiger partial charge in [-0.15, -0.1) is 0 Å². The van der Waals surface area contributed by atoms with Crippen LogP contribution in [0.5, 0.6) is 0 Å². The molecule has 1 heterocycles. The summed E-state index contributed by atoms with van der Waals surface area (Å²) < 4.78 is 1.23. The predicted molar refractivity (Wildman–Crippen MR) is 76.4 cm³/mol. The van der Waals surface area contributed by atoms with E-state index >= 15 is 0 Å². The Bertz CT molecular complexity index is 687. The minimum Gasteiger partial charge on any atom is -0.352 e. The second kappa shape index (κ2) is 5.45. The number of nitrogens with zero attached hydrogens (tertiary/aromatic N) is 2. The molecule has 1 saturated carbocycles. The van der Waals surface area contributed by atoms with Gasteiger partial charge in [-0.1, -0.05) is 31.0 Å². The van der Waals surface area contributed by atoms with Crippen LogP contribution in [-0.4, -0.2) is 21.7 Å². The number of fused-ring (bicyclic) bond motifs is 1. The summed E-state index contributed by atoms with van der Waals surface area (Å²) in [5, 5.41) is 8.42. The zero-order chi connectivity index (χ0) is 13.9. The second-order valence-corrected chi connectivity index (χ2v) is 5.24. The molecule has 1 aromatic carbocycles. The van der Waals surface area contributed by atoms with Gasteiger partial charge in [0.1, 0.15) is 6.54 Å². The Hall–Kier alpha value is -2.17. The van der Waals surface area contributed by atoms with Gasteiger partial charge in [-0.2, -0.15) is 5.10 Å². The molecule has 1 N–H and O–H groups in total. The van der Waals surface area contributed by atoms with Crippen LogP contribution < -0.4 is 10.9 Å². The zero-order valence-electron chi connectivity index (χ0n) is 11.2. The summed E-state index contributed by atoms with van der Waals surface area (Å²) >= 11 is 0. The van der Waals surface area contributed by atoms with Crippen LogP contribution in [0.25, 0.3) is 10.8 Å². The van der Waals surface area contributed by atoms with E-state index in [1.54, 1.807) is 12.3 Å².